The van der Waals surface area contributed by atoms with Crippen LogP contribution in [0.2, 0.25) is 0 Å². The summed E-state index contributed by atoms with van der Waals surface area (Å²) < 4.78 is 16.2. The molecule has 3 rings (SSSR count). The molecule has 0 atom stereocenters. The molecule has 8 heteroatoms. The highest BCUT2D eigenvalue weighted by atomic mass is 16.5. The van der Waals surface area contributed by atoms with E-state index >= 15 is 0 Å². The summed E-state index contributed by atoms with van der Waals surface area (Å²) >= 11 is 0. The van der Waals surface area contributed by atoms with Gasteiger partial charge in [0, 0.05) is 6.04 Å². The molecule has 0 saturated heterocycles. The summed E-state index contributed by atoms with van der Waals surface area (Å²) in [5.74, 6) is 1.90. The van der Waals surface area contributed by atoms with Gasteiger partial charge in [-0.1, -0.05) is 0 Å². The van der Waals surface area contributed by atoms with Crippen LogP contribution in [0.3, 0.4) is 0 Å². The molecular weight excluding hydrogens is 312 g/mol. The number of amides is 1. The van der Waals surface area contributed by atoms with Crippen molar-refractivity contribution in [1.82, 2.24) is 15.3 Å². The number of benzene rings is 1. The van der Waals surface area contributed by atoms with E-state index in [-0.39, 0.29) is 12.5 Å². The van der Waals surface area contributed by atoms with Gasteiger partial charge in [0.15, 0.2) is 11.5 Å². The van der Waals surface area contributed by atoms with Gasteiger partial charge in [0.25, 0.3) is 0 Å². The lowest BCUT2D eigenvalue weighted by Gasteiger charge is -2.15. The maximum absolute atomic E-state index is 11.9. The van der Waals surface area contributed by atoms with Crippen molar-refractivity contribution in [1.29, 1.82) is 0 Å². The normalized spacial score (nSPS) is 13.5. The molecule has 0 unspecified atom stereocenters. The third-order valence-corrected chi connectivity index (χ3v) is 3.79. The Balaban J connectivity index is 1.94. The molecule has 8 nitrogen and oxygen atoms in total. The lowest BCUT2D eigenvalue weighted by Crippen LogP contribution is -2.31. The molecule has 1 fully saturated rings. The first-order valence-electron chi connectivity index (χ1n) is 7.64. The fraction of sp³-hybridized carbons (Fsp3) is 0.438. The second-order valence-corrected chi connectivity index (χ2v) is 5.46. The molecule has 0 bridgehead atoms. The van der Waals surface area contributed by atoms with Crippen LogP contribution in [-0.4, -0.2) is 49.8 Å². The minimum atomic E-state index is -0.0586. The van der Waals surface area contributed by atoms with Gasteiger partial charge in [-0.2, -0.15) is 0 Å². The zero-order valence-corrected chi connectivity index (χ0v) is 13.9. The number of ether oxygens (including phenoxy) is 3. The zero-order valence-electron chi connectivity index (χ0n) is 13.9. The molecular formula is C16H20N4O4. The average Bonchev–Trinajstić information content (AvgIpc) is 3.41. The van der Waals surface area contributed by atoms with Gasteiger partial charge in [0.2, 0.25) is 11.7 Å². The minimum absolute atomic E-state index is 0.0586. The van der Waals surface area contributed by atoms with Crippen molar-refractivity contribution >= 4 is 22.6 Å². The molecule has 0 spiro atoms. The third kappa shape index (κ3) is 3.12. The molecule has 2 N–H and O–H groups in total. The highest BCUT2D eigenvalue weighted by molar-refractivity contribution is 5.97. The van der Waals surface area contributed by atoms with E-state index in [4.69, 9.17) is 14.2 Å². The standard InChI is InChI=1S/C16H20N4O4/c1-22-11-6-10-13(15(24-3)14(11)23-2)18-8-19-16(10)17-7-12(21)20-9-4-5-9/h6,8-9H,4-5,7H2,1-3H3,(H,20,21)(H,17,18,19). The van der Waals surface area contributed by atoms with Crippen molar-refractivity contribution in [2.45, 2.75) is 18.9 Å². The number of nitrogens with one attached hydrogen (secondary N) is 2. The fourth-order valence-electron chi connectivity index (χ4n) is 2.47. The number of aromatic nitrogens is 2. The number of methoxy groups -OCH3 is 3. The molecule has 24 heavy (non-hydrogen) atoms. The number of fused-ring (bicyclic) bond motifs is 1. The number of carbonyl (C=O) groups excluding carboxylic acids is 1. The largest absolute Gasteiger partial charge is 0.493 e. The Kier molecular flexibility index (Phi) is 4.54. The van der Waals surface area contributed by atoms with Gasteiger partial charge in [0.05, 0.1) is 33.3 Å². The van der Waals surface area contributed by atoms with E-state index in [0.717, 1.165) is 12.8 Å². The fourth-order valence-corrected chi connectivity index (χ4v) is 2.47. The van der Waals surface area contributed by atoms with Crippen molar-refractivity contribution in [3.05, 3.63) is 12.4 Å². The topological polar surface area (TPSA) is 94.6 Å². The van der Waals surface area contributed by atoms with Gasteiger partial charge in [-0.25, -0.2) is 9.97 Å². The van der Waals surface area contributed by atoms with E-state index in [0.29, 0.717) is 40.0 Å². The highest BCUT2D eigenvalue weighted by Gasteiger charge is 2.23. The van der Waals surface area contributed by atoms with Gasteiger partial charge >= 0.3 is 0 Å². The predicted octanol–water partition coefficient (Wildman–Crippen LogP) is 1.35. The molecule has 1 heterocycles. The Morgan fingerprint density at radius 1 is 1.17 bits per heavy atom. The number of rotatable bonds is 7. The lowest BCUT2D eigenvalue weighted by atomic mass is 10.2. The van der Waals surface area contributed by atoms with Crippen LogP contribution in [0.4, 0.5) is 5.82 Å². The summed E-state index contributed by atoms with van der Waals surface area (Å²) in [4.78, 5) is 20.4. The number of hydrogen-bond acceptors (Lipinski definition) is 7. The lowest BCUT2D eigenvalue weighted by molar-refractivity contribution is -0.119. The molecule has 1 saturated carbocycles. The summed E-state index contributed by atoms with van der Waals surface area (Å²) in [6.07, 6.45) is 3.52. The molecule has 1 amide bonds. The van der Waals surface area contributed by atoms with E-state index in [2.05, 4.69) is 20.6 Å². The van der Waals surface area contributed by atoms with Gasteiger partial charge in [-0.05, 0) is 18.9 Å². The van der Waals surface area contributed by atoms with Crippen LogP contribution >= 0.6 is 0 Å². The molecule has 0 radical (unpaired) electrons. The monoisotopic (exact) mass is 332 g/mol. The van der Waals surface area contributed by atoms with Crippen LogP contribution in [0.5, 0.6) is 17.2 Å². The minimum Gasteiger partial charge on any atom is -0.493 e. The maximum Gasteiger partial charge on any atom is 0.239 e. The van der Waals surface area contributed by atoms with Crippen LogP contribution in [0.25, 0.3) is 10.9 Å². The van der Waals surface area contributed by atoms with Gasteiger partial charge in [0.1, 0.15) is 17.7 Å². The Labute approximate surface area is 139 Å². The van der Waals surface area contributed by atoms with Crippen molar-refractivity contribution in [2.24, 2.45) is 0 Å². The van der Waals surface area contributed by atoms with E-state index in [1.807, 2.05) is 0 Å². The summed E-state index contributed by atoms with van der Waals surface area (Å²) in [6.45, 7) is 0.138. The maximum atomic E-state index is 11.9. The molecule has 1 aromatic heterocycles. The van der Waals surface area contributed by atoms with Crippen LogP contribution in [0.1, 0.15) is 12.8 Å². The van der Waals surface area contributed by atoms with E-state index < -0.39 is 0 Å². The van der Waals surface area contributed by atoms with E-state index in [1.54, 1.807) is 13.2 Å². The Morgan fingerprint density at radius 3 is 2.54 bits per heavy atom. The molecule has 0 aliphatic heterocycles. The summed E-state index contributed by atoms with van der Waals surface area (Å²) in [6, 6.07) is 2.09. The van der Waals surface area contributed by atoms with Gasteiger partial charge < -0.3 is 24.8 Å². The van der Waals surface area contributed by atoms with Crippen LogP contribution < -0.4 is 24.8 Å². The van der Waals surface area contributed by atoms with Crippen molar-refractivity contribution in [2.75, 3.05) is 33.2 Å². The third-order valence-electron chi connectivity index (χ3n) is 3.79. The first-order chi connectivity index (χ1) is 11.7. The first-order valence-corrected chi connectivity index (χ1v) is 7.64. The SMILES string of the molecule is COc1cc2c(NCC(=O)NC3CC3)ncnc2c(OC)c1OC. The van der Waals surface area contributed by atoms with Crippen LogP contribution in [0, 0.1) is 0 Å². The first kappa shape index (κ1) is 16.1. The van der Waals surface area contributed by atoms with Gasteiger partial charge in [-0.3, -0.25) is 4.79 Å². The average molecular weight is 332 g/mol. The van der Waals surface area contributed by atoms with E-state index in [1.165, 1.54) is 20.5 Å². The van der Waals surface area contributed by atoms with Crippen molar-refractivity contribution < 1.29 is 19.0 Å². The number of nitrogens with zero attached hydrogens (tertiary/aromatic N) is 2. The number of anilines is 1. The molecule has 1 aliphatic rings. The quantitative estimate of drug-likeness (QED) is 0.790. The second kappa shape index (κ2) is 6.77. The van der Waals surface area contributed by atoms with Crippen LogP contribution in [0.15, 0.2) is 12.4 Å². The van der Waals surface area contributed by atoms with Crippen molar-refractivity contribution in [3.63, 3.8) is 0 Å². The summed E-state index contributed by atoms with van der Waals surface area (Å²) in [7, 11) is 4.62. The Bertz CT molecular complexity index is 761. The van der Waals surface area contributed by atoms with Gasteiger partial charge in [-0.15, -0.1) is 0 Å². The predicted molar refractivity (Wildman–Crippen MR) is 88.8 cm³/mol. The van der Waals surface area contributed by atoms with Crippen LogP contribution in [-0.2, 0) is 4.79 Å². The number of hydrogen-bond donors (Lipinski definition) is 2. The Hall–Kier alpha value is -2.77. The second-order valence-electron chi connectivity index (χ2n) is 5.46. The van der Waals surface area contributed by atoms with Crippen molar-refractivity contribution in [3.8, 4) is 17.2 Å². The molecule has 2 aromatic rings. The highest BCUT2D eigenvalue weighted by Crippen LogP contribution is 2.43. The smallest absolute Gasteiger partial charge is 0.239 e. The summed E-state index contributed by atoms with van der Waals surface area (Å²) in [5.41, 5.74) is 0.579. The van der Waals surface area contributed by atoms with E-state index in [9.17, 15) is 4.79 Å². The Morgan fingerprint density at radius 2 is 1.92 bits per heavy atom. The zero-order chi connectivity index (χ0) is 17.1. The molecule has 1 aliphatic carbocycles. The summed E-state index contributed by atoms with van der Waals surface area (Å²) in [5, 5.41) is 6.65. The number of carbonyl (C=O) groups is 1. The molecule has 1 aromatic carbocycles. The molecule has 128 valence electrons.